The number of thioether (sulfide) groups is 1. The fraction of sp³-hybridized carbons (Fsp3) is 0.211. The van der Waals surface area contributed by atoms with E-state index in [2.05, 4.69) is 23.2 Å². The molecule has 0 unspecified atom stereocenters. The van der Waals surface area contributed by atoms with E-state index in [0.717, 1.165) is 33.2 Å². The van der Waals surface area contributed by atoms with Crippen LogP contribution in [-0.2, 0) is 7.05 Å². The summed E-state index contributed by atoms with van der Waals surface area (Å²) in [5.41, 5.74) is 4.09. The van der Waals surface area contributed by atoms with E-state index >= 15 is 0 Å². The summed E-state index contributed by atoms with van der Waals surface area (Å²) in [6.45, 7) is 4.06. The maximum Gasteiger partial charge on any atom is 0.191 e. The van der Waals surface area contributed by atoms with E-state index < -0.39 is 0 Å². The molecular formula is C19H19N3OS. The highest BCUT2D eigenvalue weighted by molar-refractivity contribution is 7.99. The van der Waals surface area contributed by atoms with Crippen molar-refractivity contribution in [3.63, 3.8) is 0 Å². The van der Waals surface area contributed by atoms with Crippen molar-refractivity contribution in [3.05, 3.63) is 65.2 Å². The van der Waals surface area contributed by atoms with E-state index in [-0.39, 0.29) is 5.78 Å². The number of benzene rings is 2. The molecule has 0 saturated heterocycles. The van der Waals surface area contributed by atoms with E-state index in [0.29, 0.717) is 5.75 Å². The number of nitrogens with zero attached hydrogens (tertiary/aromatic N) is 3. The van der Waals surface area contributed by atoms with Crippen LogP contribution >= 0.6 is 11.8 Å². The molecule has 0 amide bonds. The second-order valence-electron chi connectivity index (χ2n) is 5.76. The van der Waals surface area contributed by atoms with Gasteiger partial charge in [-0.05, 0) is 19.4 Å². The van der Waals surface area contributed by atoms with Gasteiger partial charge in [0.15, 0.2) is 16.8 Å². The van der Waals surface area contributed by atoms with Crippen LogP contribution in [0, 0.1) is 13.8 Å². The lowest BCUT2D eigenvalue weighted by atomic mass is 10.1. The van der Waals surface area contributed by atoms with Gasteiger partial charge in [0.1, 0.15) is 0 Å². The molecule has 0 fully saturated rings. The van der Waals surface area contributed by atoms with Crippen LogP contribution in [0.3, 0.4) is 0 Å². The summed E-state index contributed by atoms with van der Waals surface area (Å²) >= 11 is 1.42. The first kappa shape index (κ1) is 16.5. The molecule has 3 aromatic rings. The minimum atomic E-state index is 0.0976. The molecule has 0 aliphatic heterocycles. The lowest BCUT2D eigenvalue weighted by molar-refractivity contribution is 0.102. The van der Waals surface area contributed by atoms with Crippen LogP contribution in [0.5, 0.6) is 0 Å². The Morgan fingerprint density at radius 3 is 2.46 bits per heavy atom. The summed E-state index contributed by atoms with van der Waals surface area (Å²) in [6.07, 6.45) is 0. The molecule has 0 spiro atoms. The third kappa shape index (κ3) is 3.41. The Morgan fingerprint density at radius 1 is 1.04 bits per heavy atom. The predicted octanol–water partition coefficient (Wildman–Crippen LogP) is 4.07. The van der Waals surface area contributed by atoms with Crippen molar-refractivity contribution in [3.8, 4) is 11.4 Å². The van der Waals surface area contributed by atoms with E-state index in [1.54, 1.807) is 0 Å². The van der Waals surface area contributed by atoms with Gasteiger partial charge < -0.3 is 4.57 Å². The van der Waals surface area contributed by atoms with Gasteiger partial charge in [-0.1, -0.05) is 65.9 Å². The average molecular weight is 337 g/mol. The van der Waals surface area contributed by atoms with Crippen LogP contribution in [0.25, 0.3) is 11.4 Å². The fourth-order valence-electron chi connectivity index (χ4n) is 2.45. The normalized spacial score (nSPS) is 10.8. The Labute approximate surface area is 145 Å². The highest BCUT2D eigenvalue weighted by Crippen LogP contribution is 2.25. The zero-order valence-electron chi connectivity index (χ0n) is 14.0. The number of rotatable bonds is 5. The molecule has 0 saturated carbocycles. The Balaban J connectivity index is 1.74. The summed E-state index contributed by atoms with van der Waals surface area (Å²) in [4.78, 5) is 12.3. The predicted molar refractivity (Wildman–Crippen MR) is 97.4 cm³/mol. The van der Waals surface area contributed by atoms with Gasteiger partial charge in [-0.25, -0.2) is 0 Å². The molecule has 0 aliphatic carbocycles. The van der Waals surface area contributed by atoms with Gasteiger partial charge in [-0.15, -0.1) is 10.2 Å². The van der Waals surface area contributed by atoms with Crippen molar-refractivity contribution in [1.82, 2.24) is 14.8 Å². The lowest BCUT2D eigenvalue weighted by Crippen LogP contribution is -2.04. The molecule has 0 N–H and O–H groups in total. The van der Waals surface area contributed by atoms with Crippen LogP contribution in [0.1, 0.15) is 21.5 Å². The molecule has 1 heterocycles. The quantitative estimate of drug-likeness (QED) is 0.520. The Kier molecular flexibility index (Phi) is 4.81. The zero-order valence-corrected chi connectivity index (χ0v) is 14.8. The summed E-state index contributed by atoms with van der Waals surface area (Å²) in [6, 6.07) is 15.7. The van der Waals surface area contributed by atoms with Crippen molar-refractivity contribution in [2.75, 3.05) is 5.75 Å². The van der Waals surface area contributed by atoms with Crippen molar-refractivity contribution in [2.24, 2.45) is 7.05 Å². The molecule has 122 valence electrons. The largest absolute Gasteiger partial charge is 0.305 e. The molecule has 3 rings (SSSR count). The van der Waals surface area contributed by atoms with Crippen LogP contribution in [0.2, 0.25) is 0 Å². The van der Waals surface area contributed by atoms with Gasteiger partial charge in [0, 0.05) is 18.2 Å². The molecule has 2 aromatic carbocycles. The van der Waals surface area contributed by atoms with Crippen LogP contribution in [0.15, 0.2) is 53.7 Å². The van der Waals surface area contributed by atoms with Crippen molar-refractivity contribution in [1.29, 1.82) is 0 Å². The third-order valence-electron chi connectivity index (χ3n) is 3.93. The average Bonchev–Trinajstić information content (AvgIpc) is 2.94. The zero-order chi connectivity index (χ0) is 17.1. The highest BCUT2D eigenvalue weighted by Gasteiger charge is 2.14. The first-order valence-corrected chi connectivity index (χ1v) is 8.73. The number of Topliss-reactive ketones (excluding diaryl/α,β-unsaturated/α-hetero) is 1. The second kappa shape index (κ2) is 7.01. The number of aromatic nitrogens is 3. The first-order valence-electron chi connectivity index (χ1n) is 7.74. The molecule has 5 heteroatoms. The Hall–Kier alpha value is -2.40. The first-order chi connectivity index (χ1) is 11.6. The summed E-state index contributed by atoms with van der Waals surface area (Å²) in [5.74, 6) is 1.27. The molecule has 1 aromatic heterocycles. The molecule has 0 aliphatic rings. The van der Waals surface area contributed by atoms with E-state index in [1.807, 2.05) is 61.0 Å². The summed E-state index contributed by atoms with van der Waals surface area (Å²) in [5, 5.41) is 9.27. The van der Waals surface area contributed by atoms with Gasteiger partial charge in [0.25, 0.3) is 0 Å². The van der Waals surface area contributed by atoms with E-state index in [4.69, 9.17) is 0 Å². The van der Waals surface area contributed by atoms with Gasteiger partial charge >= 0.3 is 0 Å². The summed E-state index contributed by atoms with van der Waals surface area (Å²) in [7, 11) is 1.93. The van der Waals surface area contributed by atoms with Crippen molar-refractivity contribution < 1.29 is 4.79 Å². The number of hydrogen-bond donors (Lipinski definition) is 0. The maximum absolute atomic E-state index is 12.3. The van der Waals surface area contributed by atoms with Gasteiger partial charge in [-0.3, -0.25) is 4.79 Å². The Bertz CT molecular complexity index is 869. The highest BCUT2D eigenvalue weighted by atomic mass is 32.2. The number of carbonyl (C=O) groups excluding carboxylic acids is 1. The molecule has 4 nitrogen and oxygen atoms in total. The van der Waals surface area contributed by atoms with Crippen molar-refractivity contribution >= 4 is 17.5 Å². The molecule has 0 atom stereocenters. The third-order valence-corrected chi connectivity index (χ3v) is 4.95. The SMILES string of the molecule is Cc1ccc(C(=O)CSc2nnc(-c3ccccc3C)n2C)cc1. The second-order valence-corrected chi connectivity index (χ2v) is 6.70. The van der Waals surface area contributed by atoms with Crippen LogP contribution < -0.4 is 0 Å². The number of aryl methyl sites for hydroxylation is 2. The Morgan fingerprint density at radius 2 is 1.75 bits per heavy atom. The van der Waals surface area contributed by atoms with Gasteiger partial charge in [0.2, 0.25) is 0 Å². The standard InChI is InChI=1S/C19H19N3OS/c1-13-8-10-15(11-9-13)17(23)12-24-19-21-20-18(22(19)3)16-7-5-4-6-14(16)2/h4-11H,12H2,1-3H3. The number of carbonyl (C=O) groups is 1. The minimum absolute atomic E-state index is 0.0976. The van der Waals surface area contributed by atoms with E-state index in [1.165, 1.54) is 11.8 Å². The molecule has 0 radical (unpaired) electrons. The van der Waals surface area contributed by atoms with Gasteiger partial charge in [0.05, 0.1) is 5.75 Å². The maximum atomic E-state index is 12.3. The number of hydrogen-bond acceptors (Lipinski definition) is 4. The van der Waals surface area contributed by atoms with Crippen molar-refractivity contribution in [2.45, 2.75) is 19.0 Å². The van der Waals surface area contributed by atoms with Gasteiger partial charge in [-0.2, -0.15) is 0 Å². The molecule has 0 bridgehead atoms. The van der Waals surface area contributed by atoms with Crippen LogP contribution in [-0.4, -0.2) is 26.3 Å². The topological polar surface area (TPSA) is 47.8 Å². The van der Waals surface area contributed by atoms with Crippen LogP contribution in [0.4, 0.5) is 0 Å². The lowest BCUT2D eigenvalue weighted by Gasteiger charge is -2.06. The minimum Gasteiger partial charge on any atom is -0.305 e. The monoisotopic (exact) mass is 337 g/mol. The smallest absolute Gasteiger partial charge is 0.191 e. The van der Waals surface area contributed by atoms with E-state index in [9.17, 15) is 4.79 Å². The number of ketones is 1. The molecular weight excluding hydrogens is 318 g/mol. The fourth-order valence-corrected chi connectivity index (χ4v) is 3.26. The molecule has 24 heavy (non-hydrogen) atoms. The summed E-state index contributed by atoms with van der Waals surface area (Å²) < 4.78 is 1.94.